The number of carbonyl (C=O) groups is 2. The molecule has 0 bridgehead atoms. The highest BCUT2D eigenvalue weighted by Crippen LogP contribution is 2.24. The molecule has 0 amide bonds. The third kappa shape index (κ3) is 4.56. The van der Waals surface area contributed by atoms with Crippen LogP contribution in [0.25, 0.3) is 0 Å². The second-order valence-corrected chi connectivity index (χ2v) is 6.76. The SMILES string of the molecule is Cc1ccc(C(=O)OC[C@@H]2OC(O)[C@H](O)[C@H]2OC(=O)c2ccc(C)cc2)cc1. The Balaban J connectivity index is 1.63. The number of aliphatic hydroxyl groups excluding tert-OH is 2. The highest BCUT2D eigenvalue weighted by atomic mass is 16.7. The van der Waals surface area contributed by atoms with Crippen LogP contribution in [0.15, 0.2) is 48.5 Å². The topological polar surface area (TPSA) is 102 Å². The fourth-order valence-corrected chi connectivity index (χ4v) is 2.81. The van der Waals surface area contributed by atoms with Gasteiger partial charge in [-0.15, -0.1) is 0 Å². The molecule has 1 saturated heterocycles. The van der Waals surface area contributed by atoms with Crippen LogP contribution in [-0.2, 0) is 14.2 Å². The molecule has 1 fully saturated rings. The average Bonchev–Trinajstić information content (AvgIpc) is 2.95. The van der Waals surface area contributed by atoms with Crippen LogP contribution in [0.4, 0.5) is 0 Å². The number of aliphatic hydroxyl groups is 2. The molecule has 2 aromatic rings. The molecule has 0 spiro atoms. The van der Waals surface area contributed by atoms with Crippen LogP contribution in [0.3, 0.4) is 0 Å². The Bertz CT molecular complexity index is 829. The number of benzene rings is 2. The Kier molecular flexibility index (Phi) is 6.08. The number of hydrogen-bond donors (Lipinski definition) is 2. The van der Waals surface area contributed by atoms with Gasteiger partial charge in [0.15, 0.2) is 12.4 Å². The van der Waals surface area contributed by atoms with Gasteiger partial charge in [-0.3, -0.25) is 0 Å². The third-order valence-electron chi connectivity index (χ3n) is 4.51. The molecular weight excluding hydrogens is 364 g/mol. The molecule has 4 atom stereocenters. The van der Waals surface area contributed by atoms with Gasteiger partial charge in [-0.25, -0.2) is 9.59 Å². The minimum atomic E-state index is -1.54. The fraction of sp³-hybridized carbons (Fsp3) is 0.333. The first-order valence-electron chi connectivity index (χ1n) is 8.88. The van der Waals surface area contributed by atoms with Crippen molar-refractivity contribution in [3.63, 3.8) is 0 Å². The van der Waals surface area contributed by atoms with Crippen molar-refractivity contribution in [2.24, 2.45) is 0 Å². The maximum Gasteiger partial charge on any atom is 0.338 e. The normalized spacial score (nSPS) is 24.0. The van der Waals surface area contributed by atoms with Crippen molar-refractivity contribution >= 4 is 11.9 Å². The number of ether oxygens (including phenoxy) is 3. The third-order valence-corrected chi connectivity index (χ3v) is 4.51. The van der Waals surface area contributed by atoms with Gasteiger partial charge in [0.25, 0.3) is 0 Å². The van der Waals surface area contributed by atoms with Crippen molar-refractivity contribution in [1.82, 2.24) is 0 Å². The van der Waals surface area contributed by atoms with E-state index in [1.807, 2.05) is 13.8 Å². The van der Waals surface area contributed by atoms with Gasteiger partial charge in [0.2, 0.25) is 0 Å². The summed E-state index contributed by atoms with van der Waals surface area (Å²) in [7, 11) is 0. The van der Waals surface area contributed by atoms with E-state index in [1.54, 1.807) is 48.5 Å². The average molecular weight is 386 g/mol. The number of carbonyl (C=O) groups excluding carboxylic acids is 2. The van der Waals surface area contributed by atoms with E-state index in [4.69, 9.17) is 14.2 Å². The van der Waals surface area contributed by atoms with E-state index in [1.165, 1.54) is 0 Å². The van der Waals surface area contributed by atoms with Gasteiger partial charge in [-0.2, -0.15) is 0 Å². The van der Waals surface area contributed by atoms with E-state index in [0.717, 1.165) is 11.1 Å². The van der Waals surface area contributed by atoms with Crippen molar-refractivity contribution in [1.29, 1.82) is 0 Å². The van der Waals surface area contributed by atoms with Gasteiger partial charge < -0.3 is 24.4 Å². The predicted octanol–water partition coefficient (Wildman–Crippen LogP) is 1.76. The summed E-state index contributed by atoms with van der Waals surface area (Å²) in [4.78, 5) is 24.5. The Morgan fingerprint density at radius 1 is 0.893 bits per heavy atom. The Morgan fingerprint density at radius 3 is 1.93 bits per heavy atom. The maximum absolute atomic E-state index is 12.3. The lowest BCUT2D eigenvalue weighted by molar-refractivity contribution is -0.133. The highest BCUT2D eigenvalue weighted by molar-refractivity contribution is 5.90. The lowest BCUT2D eigenvalue weighted by atomic mass is 10.1. The van der Waals surface area contributed by atoms with Crippen molar-refractivity contribution in [3.8, 4) is 0 Å². The Labute approximate surface area is 162 Å². The zero-order valence-electron chi connectivity index (χ0n) is 15.6. The van der Waals surface area contributed by atoms with E-state index >= 15 is 0 Å². The Morgan fingerprint density at radius 2 is 1.39 bits per heavy atom. The number of rotatable bonds is 5. The van der Waals surface area contributed by atoms with E-state index in [-0.39, 0.29) is 6.61 Å². The monoisotopic (exact) mass is 386 g/mol. The second-order valence-electron chi connectivity index (χ2n) is 6.76. The van der Waals surface area contributed by atoms with E-state index in [9.17, 15) is 19.8 Å². The highest BCUT2D eigenvalue weighted by Gasteiger charge is 2.46. The number of aryl methyl sites for hydroxylation is 2. The molecule has 1 aliphatic rings. The molecule has 1 heterocycles. The fourth-order valence-electron chi connectivity index (χ4n) is 2.81. The largest absolute Gasteiger partial charge is 0.459 e. The van der Waals surface area contributed by atoms with Crippen LogP contribution in [-0.4, -0.2) is 53.4 Å². The number of esters is 2. The first kappa shape index (κ1) is 20.0. The van der Waals surface area contributed by atoms with Gasteiger partial charge in [0.1, 0.15) is 18.8 Å². The molecule has 0 aliphatic carbocycles. The molecule has 1 unspecified atom stereocenters. The van der Waals surface area contributed by atoms with Crippen LogP contribution < -0.4 is 0 Å². The molecule has 2 aromatic carbocycles. The van der Waals surface area contributed by atoms with Crippen molar-refractivity contribution < 1.29 is 34.0 Å². The van der Waals surface area contributed by atoms with Crippen LogP contribution in [0.5, 0.6) is 0 Å². The lowest BCUT2D eigenvalue weighted by Gasteiger charge is -2.20. The molecule has 28 heavy (non-hydrogen) atoms. The summed E-state index contributed by atoms with van der Waals surface area (Å²) in [5, 5.41) is 19.9. The molecule has 0 saturated carbocycles. The van der Waals surface area contributed by atoms with Gasteiger partial charge in [-0.1, -0.05) is 35.4 Å². The first-order chi connectivity index (χ1) is 13.3. The quantitative estimate of drug-likeness (QED) is 0.755. The molecule has 0 aromatic heterocycles. The second kappa shape index (κ2) is 8.52. The number of hydrogen-bond acceptors (Lipinski definition) is 7. The molecule has 148 valence electrons. The smallest absolute Gasteiger partial charge is 0.338 e. The van der Waals surface area contributed by atoms with Crippen molar-refractivity contribution in [2.75, 3.05) is 6.61 Å². The van der Waals surface area contributed by atoms with Gasteiger partial charge >= 0.3 is 11.9 Å². The van der Waals surface area contributed by atoms with Gasteiger partial charge in [0.05, 0.1) is 11.1 Å². The molecule has 7 nitrogen and oxygen atoms in total. The van der Waals surface area contributed by atoms with Crippen LogP contribution in [0, 0.1) is 13.8 Å². The summed E-state index contributed by atoms with van der Waals surface area (Å²) >= 11 is 0. The van der Waals surface area contributed by atoms with Crippen molar-refractivity contribution in [2.45, 2.75) is 38.4 Å². The predicted molar refractivity (Wildman–Crippen MR) is 98.7 cm³/mol. The van der Waals surface area contributed by atoms with Gasteiger partial charge in [-0.05, 0) is 38.1 Å². The molecule has 3 rings (SSSR count). The summed E-state index contributed by atoms with van der Waals surface area (Å²) in [5.41, 5.74) is 2.65. The standard InChI is InChI=1S/C21H22O7/c1-12-3-7-14(8-4-12)19(23)26-11-16-18(17(22)21(25)27-16)28-20(24)15-9-5-13(2)6-10-15/h3-10,16-18,21-22,25H,11H2,1-2H3/t16-,17+,18-,21?/m0/s1. The first-order valence-corrected chi connectivity index (χ1v) is 8.88. The summed E-state index contributed by atoms with van der Waals surface area (Å²) in [6.07, 6.45) is -5.15. The molecular formula is C21H22O7. The molecule has 7 heteroatoms. The van der Waals surface area contributed by atoms with Crippen LogP contribution in [0.2, 0.25) is 0 Å². The molecule has 1 aliphatic heterocycles. The van der Waals surface area contributed by atoms with Gasteiger partial charge in [0, 0.05) is 0 Å². The molecule has 2 N–H and O–H groups in total. The summed E-state index contributed by atoms with van der Waals surface area (Å²) < 4.78 is 15.7. The summed E-state index contributed by atoms with van der Waals surface area (Å²) in [6, 6.07) is 13.5. The minimum Gasteiger partial charge on any atom is -0.459 e. The molecule has 0 radical (unpaired) electrons. The maximum atomic E-state index is 12.3. The zero-order chi connectivity index (χ0) is 20.3. The van der Waals surface area contributed by atoms with Crippen LogP contribution >= 0.6 is 0 Å². The Hall–Kier alpha value is -2.74. The van der Waals surface area contributed by atoms with E-state index in [2.05, 4.69) is 0 Å². The zero-order valence-corrected chi connectivity index (χ0v) is 15.6. The van der Waals surface area contributed by atoms with E-state index < -0.39 is 36.5 Å². The summed E-state index contributed by atoms with van der Waals surface area (Å²) in [6.45, 7) is 3.50. The van der Waals surface area contributed by atoms with Crippen LogP contribution in [0.1, 0.15) is 31.8 Å². The lowest BCUT2D eigenvalue weighted by Crippen LogP contribution is -2.39. The van der Waals surface area contributed by atoms with E-state index in [0.29, 0.717) is 11.1 Å². The summed E-state index contributed by atoms with van der Waals surface area (Å²) in [5.74, 6) is -1.25. The van der Waals surface area contributed by atoms with Crippen molar-refractivity contribution in [3.05, 3.63) is 70.8 Å². The minimum absolute atomic E-state index is 0.285.